The Morgan fingerprint density at radius 1 is 1.24 bits per heavy atom. The van der Waals surface area contributed by atoms with Gasteiger partial charge in [0.05, 0.1) is 5.02 Å². The average molecular weight is 368 g/mol. The molecule has 5 heteroatoms. The fourth-order valence-corrected chi connectivity index (χ4v) is 2.38. The van der Waals surface area contributed by atoms with E-state index in [0.717, 1.165) is 22.3 Å². The van der Waals surface area contributed by atoms with Crippen LogP contribution in [0, 0.1) is 0 Å². The van der Waals surface area contributed by atoms with Crippen LogP contribution in [0.25, 0.3) is 0 Å². The second kappa shape index (κ2) is 7.07. The van der Waals surface area contributed by atoms with Crippen molar-refractivity contribution >= 4 is 39.1 Å². The average Bonchev–Trinajstić information content (AvgIpc) is 2.43. The lowest BCUT2D eigenvalue weighted by Gasteiger charge is -2.15. The highest BCUT2D eigenvalue weighted by Crippen LogP contribution is 2.24. The molecule has 0 unspecified atom stereocenters. The van der Waals surface area contributed by atoms with Crippen LogP contribution < -0.4 is 5.32 Å². The van der Waals surface area contributed by atoms with Crippen LogP contribution in [-0.2, 0) is 6.54 Å². The fraction of sp³-hybridized carbons (Fsp3) is 0.188. The highest BCUT2D eigenvalue weighted by molar-refractivity contribution is 9.10. The van der Waals surface area contributed by atoms with Crippen LogP contribution in [0.4, 0.5) is 5.69 Å². The van der Waals surface area contributed by atoms with Gasteiger partial charge in [0.2, 0.25) is 0 Å². The maximum atomic E-state index is 12.3. The molecule has 2 aromatic rings. The zero-order valence-corrected chi connectivity index (χ0v) is 14.2. The van der Waals surface area contributed by atoms with E-state index in [1.165, 1.54) is 0 Å². The number of amides is 1. The lowest BCUT2D eigenvalue weighted by Crippen LogP contribution is -2.16. The van der Waals surface area contributed by atoms with Gasteiger partial charge < -0.3 is 10.2 Å². The van der Waals surface area contributed by atoms with E-state index in [9.17, 15) is 4.79 Å². The van der Waals surface area contributed by atoms with Crippen molar-refractivity contribution in [1.82, 2.24) is 4.90 Å². The Kier molecular flexibility index (Phi) is 5.39. The highest BCUT2D eigenvalue weighted by Gasteiger charge is 2.10. The largest absolute Gasteiger partial charge is 0.322 e. The van der Waals surface area contributed by atoms with E-state index < -0.39 is 0 Å². The Morgan fingerprint density at radius 2 is 1.95 bits per heavy atom. The minimum absolute atomic E-state index is 0.171. The van der Waals surface area contributed by atoms with Crippen molar-refractivity contribution in [3.05, 3.63) is 63.1 Å². The monoisotopic (exact) mass is 366 g/mol. The number of para-hydroxylation sites is 1. The maximum absolute atomic E-state index is 12.3. The number of hydrogen-bond acceptors (Lipinski definition) is 2. The van der Waals surface area contributed by atoms with Gasteiger partial charge in [-0.1, -0.05) is 29.8 Å². The molecule has 0 saturated carbocycles. The molecule has 21 heavy (non-hydrogen) atoms. The lowest BCUT2D eigenvalue weighted by atomic mass is 10.1. The van der Waals surface area contributed by atoms with Gasteiger partial charge in [-0.2, -0.15) is 0 Å². The number of carbonyl (C=O) groups is 1. The van der Waals surface area contributed by atoms with E-state index in [-0.39, 0.29) is 5.91 Å². The van der Waals surface area contributed by atoms with E-state index in [2.05, 4.69) is 26.1 Å². The molecule has 0 saturated heterocycles. The minimum atomic E-state index is -0.171. The summed E-state index contributed by atoms with van der Waals surface area (Å²) >= 11 is 9.34. The van der Waals surface area contributed by atoms with Crippen molar-refractivity contribution in [2.24, 2.45) is 0 Å². The van der Waals surface area contributed by atoms with Crippen molar-refractivity contribution in [3.8, 4) is 0 Å². The third-order valence-corrected chi connectivity index (χ3v) is 4.17. The number of carbonyl (C=O) groups excluding carboxylic acids is 1. The van der Waals surface area contributed by atoms with Gasteiger partial charge in [0.15, 0.2) is 0 Å². The van der Waals surface area contributed by atoms with Gasteiger partial charge in [-0.15, -0.1) is 0 Å². The number of rotatable bonds is 4. The smallest absolute Gasteiger partial charge is 0.255 e. The Hall–Kier alpha value is -1.36. The molecular weight excluding hydrogens is 352 g/mol. The summed E-state index contributed by atoms with van der Waals surface area (Å²) in [7, 11) is 3.99. The van der Waals surface area contributed by atoms with Crippen molar-refractivity contribution in [2.45, 2.75) is 6.54 Å². The number of hydrogen-bond donors (Lipinski definition) is 1. The molecule has 2 rings (SSSR count). The first-order valence-electron chi connectivity index (χ1n) is 6.46. The third kappa shape index (κ3) is 4.30. The zero-order chi connectivity index (χ0) is 15.4. The summed E-state index contributed by atoms with van der Waals surface area (Å²) in [6.45, 7) is 0.761. The van der Waals surface area contributed by atoms with E-state index in [4.69, 9.17) is 11.6 Å². The van der Waals surface area contributed by atoms with E-state index >= 15 is 0 Å². The van der Waals surface area contributed by atoms with Crippen molar-refractivity contribution in [3.63, 3.8) is 0 Å². The van der Waals surface area contributed by atoms with E-state index in [1.54, 1.807) is 18.2 Å². The molecule has 0 aromatic heterocycles. The summed E-state index contributed by atoms with van der Waals surface area (Å²) in [6, 6.07) is 12.9. The van der Waals surface area contributed by atoms with Crippen LogP contribution in [-0.4, -0.2) is 24.9 Å². The van der Waals surface area contributed by atoms with Crippen LogP contribution >= 0.6 is 27.5 Å². The molecule has 0 heterocycles. The van der Waals surface area contributed by atoms with Gasteiger partial charge in [-0.25, -0.2) is 0 Å². The molecule has 0 aliphatic heterocycles. The van der Waals surface area contributed by atoms with Gasteiger partial charge in [0.1, 0.15) is 0 Å². The summed E-state index contributed by atoms with van der Waals surface area (Å²) in [5.41, 5.74) is 2.41. The molecule has 3 nitrogen and oxygen atoms in total. The van der Waals surface area contributed by atoms with Crippen LogP contribution in [0.3, 0.4) is 0 Å². The van der Waals surface area contributed by atoms with Crippen LogP contribution in [0.15, 0.2) is 46.9 Å². The fourth-order valence-electron chi connectivity index (χ4n) is 1.95. The molecule has 0 spiro atoms. The van der Waals surface area contributed by atoms with Gasteiger partial charge in [-0.05, 0) is 59.9 Å². The predicted octanol–water partition coefficient (Wildman–Crippen LogP) is 4.42. The minimum Gasteiger partial charge on any atom is -0.322 e. The SMILES string of the molecule is CN(C)Cc1ccccc1NC(=O)c1ccc(Br)c(Cl)c1. The summed E-state index contributed by atoms with van der Waals surface area (Å²) in [5, 5.41) is 3.46. The highest BCUT2D eigenvalue weighted by atomic mass is 79.9. The number of nitrogens with zero attached hydrogens (tertiary/aromatic N) is 1. The normalized spacial score (nSPS) is 10.7. The van der Waals surface area contributed by atoms with E-state index in [1.807, 2.05) is 38.4 Å². The Balaban J connectivity index is 2.21. The quantitative estimate of drug-likeness (QED) is 0.868. The Labute approximate surface area is 138 Å². The Bertz CT molecular complexity index is 658. The summed E-state index contributed by atoms with van der Waals surface area (Å²) in [4.78, 5) is 14.4. The second-order valence-electron chi connectivity index (χ2n) is 4.98. The first kappa shape index (κ1) is 16.0. The maximum Gasteiger partial charge on any atom is 0.255 e. The van der Waals surface area contributed by atoms with Crippen LogP contribution in [0.1, 0.15) is 15.9 Å². The standard InChI is InChI=1S/C16H16BrClN2O/c1-20(2)10-12-5-3-4-6-15(12)19-16(21)11-7-8-13(17)14(18)9-11/h3-9H,10H2,1-2H3,(H,19,21). The molecule has 1 N–H and O–H groups in total. The molecule has 0 fully saturated rings. The summed E-state index contributed by atoms with van der Waals surface area (Å²) < 4.78 is 0.772. The molecule has 0 bridgehead atoms. The first-order valence-corrected chi connectivity index (χ1v) is 7.63. The van der Waals surface area contributed by atoms with Crippen molar-refractivity contribution in [2.75, 3.05) is 19.4 Å². The zero-order valence-electron chi connectivity index (χ0n) is 11.9. The summed E-state index contributed by atoms with van der Waals surface area (Å²) in [5.74, 6) is -0.171. The molecule has 0 aliphatic carbocycles. The number of benzene rings is 2. The molecule has 0 aliphatic rings. The van der Waals surface area contributed by atoms with Crippen LogP contribution in [0.2, 0.25) is 5.02 Å². The van der Waals surface area contributed by atoms with Crippen molar-refractivity contribution in [1.29, 1.82) is 0 Å². The third-order valence-electron chi connectivity index (χ3n) is 2.93. The Morgan fingerprint density at radius 3 is 2.62 bits per heavy atom. The molecule has 110 valence electrons. The van der Waals surface area contributed by atoms with E-state index in [0.29, 0.717) is 10.6 Å². The molecule has 2 aromatic carbocycles. The number of halogens is 2. The van der Waals surface area contributed by atoms with Crippen molar-refractivity contribution < 1.29 is 4.79 Å². The first-order chi connectivity index (χ1) is 9.97. The number of anilines is 1. The van der Waals surface area contributed by atoms with Gasteiger partial charge in [0, 0.05) is 22.3 Å². The topological polar surface area (TPSA) is 32.3 Å². The van der Waals surface area contributed by atoms with Gasteiger partial charge in [-0.3, -0.25) is 4.79 Å². The van der Waals surface area contributed by atoms with Gasteiger partial charge in [0.25, 0.3) is 5.91 Å². The molecule has 0 atom stereocenters. The predicted molar refractivity (Wildman–Crippen MR) is 90.9 cm³/mol. The lowest BCUT2D eigenvalue weighted by molar-refractivity contribution is 0.102. The molecular formula is C16H16BrClN2O. The summed E-state index contributed by atoms with van der Waals surface area (Å²) in [6.07, 6.45) is 0. The second-order valence-corrected chi connectivity index (χ2v) is 6.24. The molecule has 1 amide bonds. The molecule has 0 radical (unpaired) electrons. The van der Waals surface area contributed by atoms with Crippen LogP contribution in [0.5, 0.6) is 0 Å². The van der Waals surface area contributed by atoms with Gasteiger partial charge >= 0.3 is 0 Å². The number of nitrogens with one attached hydrogen (secondary N) is 1.